The number of methoxy groups -OCH3 is 1. The van der Waals surface area contributed by atoms with Crippen molar-refractivity contribution in [3.8, 4) is 0 Å². The number of nitrogens with zero attached hydrogens (tertiary/aromatic N) is 2. The van der Waals surface area contributed by atoms with E-state index in [-0.39, 0.29) is 24.0 Å². The first-order valence-corrected chi connectivity index (χ1v) is 8.96. The Labute approximate surface area is 161 Å². The van der Waals surface area contributed by atoms with E-state index < -0.39 is 0 Å². The number of aliphatic imine (C=N–C) groups is 1. The third-order valence-corrected chi connectivity index (χ3v) is 5.33. The van der Waals surface area contributed by atoms with Gasteiger partial charge in [-0.1, -0.05) is 31.2 Å². The van der Waals surface area contributed by atoms with E-state index in [0.29, 0.717) is 11.9 Å². The predicted molar refractivity (Wildman–Crippen MR) is 111 cm³/mol. The Hall–Kier alpha value is -0.470. The minimum Gasteiger partial charge on any atom is -0.380 e. The Bertz CT molecular complexity index is 498. The maximum atomic E-state index is 5.28. The lowest BCUT2D eigenvalue weighted by molar-refractivity contribution is 0.184. The van der Waals surface area contributed by atoms with Crippen LogP contribution in [0.3, 0.4) is 0 Å². The number of halogens is 1. The summed E-state index contributed by atoms with van der Waals surface area (Å²) < 4.78 is 5.28. The molecule has 1 N–H and O–H groups in total. The number of benzene rings is 1. The fourth-order valence-corrected chi connectivity index (χ4v) is 3.87. The number of nitrogens with one attached hydrogen (secondary N) is 1. The first-order chi connectivity index (χ1) is 10.8. The number of rotatable bonds is 5. The van der Waals surface area contributed by atoms with Gasteiger partial charge in [-0.15, -0.1) is 24.0 Å². The van der Waals surface area contributed by atoms with Gasteiger partial charge in [-0.3, -0.25) is 4.99 Å². The van der Waals surface area contributed by atoms with E-state index in [4.69, 9.17) is 4.74 Å². The largest absolute Gasteiger partial charge is 0.380 e. The van der Waals surface area contributed by atoms with Crippen LogP contribution in [-0.2, 0) is 17.9 Å². The summed E-state index contributed by atoms with van der Waals surface area (Å²) in [4.78, 5) is 6.84. The van der Waals surface area contributed by atoms with E-state index in [2.05, 4.69) is 58.2 Å². The highest BCUT2D eigenvalue weighted by molar-refractivity contribution is 14.0. The van der Waals surface area contributed by atoms with Gasteiger partial charge in [0.25, 0.3) is 0 Å². The van der Waals surface area contributed by atoms with E-state index in [1.807, 2.05) is 7.05 Å². The minimum atomic E-state index is 0. The van der Waals surface area contributed by atoms with Crippen LogP contribution in [0.4, 0.5) is 0 Å². The summed E-state index contributed by atoms with van der Waals surface area (Å²) in [6, 6.07) is 8.40. The number of guanidine groups is 1. The van der Waals surface area contributed by atoms with Crippen molar-refractivity contribution in [2.75, 3.05) is 33.0 Å². The average Bonchev–Trinajstić information content (AvgIpc) is 2.57. The van der Waals surface area contributed by atoms with Gasteiger partial charge in [-0.05, 0) is 17.5 Å². The first-order valence-electron chi connectivity index (χ1n) is 7.91. The lowest BCUT2D eigenvalue weighted by atomic mass is 10.1. The Balaban J connectivity index is 0.00000264. The molecular weight excluding hydrogens is 421 g/mol. The highest BCUT2D eigenvalue weighted by Crippen LogP contribution is 2.21. The van der Waals surface area contributed by atoms with Crippen molar-refractivity contribution in [3.05, 3.63) is 35.4 Å². The maximum absolute atomic E-state index is 5.28. The number of hydrogen-bond donors (Lipinski definition) is 1. The molecule has 1 aliphatic heterocycles. The van der Waals surface area contributed by atoms with E-state index in [0.717, 1.165) is 25.6 Å². The van der Waals surface area contributed by atoms with Gasteiger partial charge < -0.3 is 15.0 Å². The zero-order valence-corrected chi connectivity index (χ0v) is 17.4. The average molecular weight is 449 g/mol. The molecule has 1 aromatic rings. The van der Waals surface area contributed by atoms with Gasteiger partial charge in [0, 0.05) is 44.8 Å². The first kappa shape index (κ1) is 20.6. The Morgan fingerprint density at radius 1 is 1.39 bits per heavy atom. The van der Waals surface area contributed by atoms with Crippen molar-refractivity contribution in [2.45, 2.75) is 31.7 Å². The van der Waals surface area contributed by atoms with Crippen LogP contribution in [0, 0.1) is 0 Å². The van der Waals surface area contributed by atoms with Crippen LogP contribution in [0.15, 0.2) is 29.3 Å². The Morgan fingerprint density at radius 2 is 2.13 bits per heavy atom. The van der Waals surface area contributed by atoms with Crippen LogP contribution in [0.1, 0.15) is 24.5 Å². The van der Waals surface area contributed by atoms with Gasteiger partial charge >= 0.3 is 0 Å². The topological polar surface area (TPSA) is 36.9 Å². The Kier molecular flexibility index (Phi) is 9.97. The summed E-state index contributed by atoms with van der Waals surface area (Å²) in [5.74, 6) is 2.19. The molecule has 1 aromatic carbocycles. The van der Waals surface area contributed by atoms with E-state index in [1.165, 1.54) is 23.3 Å². The molecule has 1 saturated heterocycles. The van der Waals surface area contributed by atoms with Gasteiger partial charge in [0.1, 0.15) is 0 Å². The normalized spacial score (nSPS) is 18.5. The van der Waals surface area contributed by atoms with Crippen molar-refractivity contribution in [3.63, 3.8) is 0 Å². The highest BCUT2D eigenvalue weighted by atomic mass is 127. The monoisotopic (exact) mass is 449 g/mol. The second-order valence-corrected chi connectivity index (χ2v) is 6.86. The SMILES string of the molecule is CCC1CN(C(=NC)NCc2ccccc2COC)CCS1.I. The summed E-state index contributed by atoms with van der Waals surface area (Å²) in [6.07, 6.45) is 1.22. The van der Waals surface area contributed by atoms with Gasteiger partial charge in [0.05, 0.1) is 6.61 Å². The zero-order valence-electron chi connectivity index (χ0n) is 14.2. The molecule has 6 heteroatoms. The summed E-state index contributed by atoms with van der Waals surface area (Å²) in [7, 11) is 3.60. The van der Waals surface area contributed by atoms with Crippen molar-refractivity contribution < 1.29 is 4.74 Å². The smallest absolute Gasteiger partial charge is 0.193 e. The molecule has 0 bridgehead atoms. The van der Waals surface area contributed by atoms with Crippen LogP contribution in [-0.4, -0.2) is 49.1 Å². The predicted octanol–water partition coefficient (Wildman–Crippen LogP) is 3.35. The fourth-order valence-electron chi connectivity index (χ4n) is 2.69. The molecule has 1 heterocycles. The van der Waals surface area contributed by atoms with Crippen LogP contribution in [0.5, 0.6) is 0 Å². The molecule has 1 atom stereocenters. The quantitative estimate of drug-likeness (QED) is 0.425. The van der Waals surface area contributed by atoms with Crippen LogP contribution in [0.2, 0.25) is 0 Å². The lowest BCUT2D eigenvalue weighted by Crippen LogP contribution is -2.47. The molecule has 1 unspecified atom stereocenters. The van der Waals surface area contributed by atoms with Crippen molar-refractivity contribution in [1.82, 2.24) is 10.2 Å². The summed E-state index contributed by atoms with van der Waals surface area (Å²) in [5.41, 5.74) is 2.50. The summed E-state index contributed by atoms with van der Waals surface area (Å²) in [6.45, 7) is 5.85. The fraction of sp³-hybridized carbons (Fsp3) is 0.588. The molecule has 1 aliphatic rings. The molecule has 0 spiro atoms. The van der Waals surface area contributed by atoms with E-state index >= 15 is 0 Å². The van der Waals surface area contributed by atoms with Gasteiger partial charge in [0.2, 0.25) is 0 Å². The maximum Gasteiger partial charge on any atom is 0.193 e. The second-order valence-electron chi connectivity index (χ2n) is 5.45. The summed E-state index contributed by atoms with van der Waals surface area (Å²) >= 11 is 2.08. The Morgan fingerprint density at radius 3 is 2.78 bits per heavy atom. The molecular formula is C17H28IN3OS. The molecule has 0 aromatic heterocycles. The third kappa shape index (κ3) is 6.15. The summed E-state index contributed by atoms with van der Waals surface area (Å²) in [5, 5.41) is 4.23. The molecule has 2 rings (SSSR count). The van der Waals surface area contributed by atoms with Crippen molar-refractivity contribution >= 4 is 41.7 Å². The van der Waals surface area contributed by atoms with Crippen LogP contribution < -0.4 is 5.32 Å². The highest BCUT2D eigenvalue weighted by Gasteiger charge is 2.21. The lowest BCUT2D eigenvalue weighted by Gasteiger charge is -2.34. The molecule has 4 nitrogen and oxygen atoms in total. The molecule has 0 radical (unpaired) electrons. The third-order valence-electron chi connectivity index (χ3n) is 3.96. The standard InChI is InChI=1S/C17H27N3OS.HI/c1-4-16-12-20(9-10-22-16)17(18-2)19-11-14-7-5-6-8-15(14)13-21-3;/h5-8,16H,4,9-13H2,1-3H3,(H,18,19);1H. The molecule has 130 valence electrons. The van der Waals surface area contributed by atoms with Gasteiger partial charge in [-0.25, -0.2) is 0 Å². The zero-order chi connectivity index (χ0) is 15.8. The van der Waals surface area contributed by atoms with Crippen LogP contribution >= 0.6 is 35.7 Å². The molecule has 1 fully saturated rings. The van der Waals surface area contributed by atoms with Crippen molar-refractivity contribution in [2.24, 2.45) is 4.99 Å². The van der Waals surface area contributed by atoms with Crippen LogP contribution in [0.25, 0.3) is 0 Å². The number of hydrogen-bond acceptors (Lipinski definition) is 3. The second kappa shape index (κ2) is 11.1. The van der Waals surface area contributed by atoms with Crippen molar-refractivity contribution in [1.29, 1.82) is 0 Å². The molecule has 0 aliphatic carbocycles. The molecule has 0 amide bonds. The van der Waals surface area contributed by atoms with Gasteiger partial charge in [0.15, 0.2) is 5.96 Å². The number of thioether (sulfide) groups is 1. The van der Waals surface area contributed by atoms with E-state index in [9.17, 15) is 0 Å². The molecule has 23 heavy (non-hydrogen) atoms. The molecule has 0 saturated carbocycles. The van der Waals surface area contributed by atoms with E-state index in [1.54, 1.807) is 7.11 Å². The van der Waals surface area contributed by atoms with Gasteiger partial charge in [-0.2, -0.15) is 11.8 Å². The number of ether oxygens (including phenoxy) is 1. The minimum absolute atomic E-state index is 0.